The van der Waals surface area contributed by atoms with Crippen molar-refractivity contribution in [2.45, 2.75) is 41.4 Å². The Morgan fingerprint density at radius 1 is 1.07 bits per heavy atom. The first kappa shape index (κ1) is 20.4. The fourth-order valence-corrected chi connectivity index (χ4v) is 4.83. The number of hydrogen-bond acceptors (Lipinski definition) is 5. The largest absolute Gasteiger partial charge is 0.486 e. The highest BCUT2D eigenvalue weighted by atomic mass is 32.2. The van der Waals surface area contributed by atoms with E-state index in [4.69, 9.17) is 4.74 Å². The van der Waals surface area contributed by atoms with E-state index in [9.17, 15) is 22.3 Å². The normalized spacial score (nSPS) is 15.4. The van der Waals surface area contributed by atoms with Crippen molar-refractivity contribution in [1.82, 2.24) is 4.98 Å². The Hall–Kier alpha value is -2.84. The molecule has 0 radical (unpaired) electrons. The van der Waals surface area contributed by atoms with Crippen molar-refractivity contribution >= 4 is 9.84 Å². The van der Waals surface area contributed by atoms with Crippen LogP contribution in [0.5, 0.6) is 5.75 Å². The van der Waals surface area contributed by atoms with E-state index in [0.29, 0.717) is 24.0 Å². The second-order valence-corrected chi connectivity index (χ2v) is 9.12. The molecule has 1 aliphatic carbocycles. The van der Waals surface area contributed by atoms with Crippen LogP contribution in [0.4, 0.5) is 8.78 Å². The lowest BCUT2D eigenvalue weighted by atomic mass is 9.76. The standard InChI is InChI=1S/C22H19F2NO4S/c23-16-6-9-20(19(24)13-16)29-14-15-4-7-17(8-5-15)30(27,28)21-18(3-1-12-25-21)22(26)10-2-11-22/h1,3-9,12-13,26H,2,10-11,14H2. The topological polar surface area (TPSA) is 76.5 Å². The second kappa shape index (κ2) is 7.77. The predicted octanol–water partition coefficient (Wildman–Crippen LogP) is 4.14. The van der Waals surface area contributed by atoms with Gasteiger partial charge >= 0.3 is 0 Å². The van der Waals surface area contributed by atoms with Crippen LogP contribution in [0.1, 0.15) is 30.4 Å². The molecule has 0 atom stereocenters. The summed E-state index contributed by atoms with van der Waals surface area (Å²) in [5.74, 6) is -1.61. The third kappa shape index (κ3) is 3.80. The Morgan fingerprint density at radius 3 is 2.43 bits per heavy atom. The van der Waals surface area contributed by atoms with Gasteiger partial charge in [-0.05, 0) is 55.2 Å². The maximum Gasteiger partial charge on any atom is 0.224 e. The van der Waals surface area contributed by atoms with Crippen LogP contribution < -0.4 is 4.74 Å². The van der Waals surface area contributed by atoms with Gasteiger partial charge in [-0.1, -0.05) is 18.2 Å². The van der Waals surface area contributed by atoms with Crippen LogP contribution in [0.2, 0.25) is 0 Å². The van der Waals surface area contributed by atoms with Crippen molar-refractivity contribution < 1.29 is 27.0 Å². The molecule has 0 aliphatic heterocycles. The first-order valence-corrected chi connectivity index (χ1v) is 10.9. The molecule has 0 bridgehead atoms. The van der Waals surface area contributed by atoms with E-state index in [2.05, 4.69) is 4.98 Å². The van der Waals surface area contributed by atoms with Crippen molar-refractivity contribution in [2.24, 2.45) is 0 Å². The summed E-state index contributed by atoms with van der Waals surface area (Å²) < 4.78 is 58.2. The minimum atomic E-state index is -3.94. The van der Waals surface area contributed by atoms with Gasteiger partial charge < -0.3 is 9.84 Å². The van der Waals surface area contributed by atoms with Gasteiger partial charge in [0.15, 0.2) is 16.6 Å². The molecular weight excluding hydrogens is 412 g/mol. The molecule has 1 heterocycles. The Morgan fingerprint density at radius 2 is 1.80 bits per heavy atom. The zero-order valence-electron chi connectivity index (χ0n) is 15.9. The van der Waals surface area contributed by atoms with Crippen LogP contribution in [0.3, 0.4) is 0 Å². The summed E-state index contributed by atoms with van der Waals surface area (Å²) in [6.07, 6.45) is 3.21. The fraction of sp³-hybridized carbons (Fsp3) is 0.227. The number of ether oxygens (including phenoxy) is 1. The zero-order chi connectivity index (χ0) is 21.4. The van der Waals surface area contributed by atoms with Crippen LogP contribution in [-0.4, -0.2) is 18.5 Å². The fourth-order valence-electron chi connectivity index (χ4n) is 3.37. The minimum Gasteiger partial charge on any atom is -0.486 e. The molecule has 0 saturated heterocycles. The maximum absolute atomic E-state index is 13.7. The molecule has 5 nitrogen and oxygen atoms in total. The summed E-state index contributed by atoms with van der Waals surface area (Å²) in [5.41, 5.74) is -0.240. The van der Waals surface area contributed by atoms with Gasteiger partial charge in [-0.15, -0.1) is 0 Å². The third-order valence-electron chi connectivity index (χ3n) is 5.23. The van der Waals surface area contributed by atoms with Gasteiger partial charge in [0, 0.05) is 17.8 Å². The first-order chi connectivity index (χ1) is 14.3. The number of aromatic nitrogens is 1. The van der Waals surface area contributed by atoms with E-state index in [1.165, 1.54) is 24.4 Å². The average molecular weight is 431 g/mol. The number of halogens is 2. The molecular formula is C22H19F2NO4S. The number of sulfone groups is 1. The quantitative estimate of drug-likeness (QED) is 0.635. The highest BCUT2D eigenvalue weighted by Crippen LogP contribution is 2.43. The zero-order valence-corrected chi connectivity index (χ0v) is 16.7. The Labute approximate surface area is 172 Å². The minimum absolute atomic E-state index is 0.0164. The molecule has 1 aliphatic rings. The maximum atomic E-state index is 13.7. The van der Waals surface area contributed by atoms with Crippen LogP contribution in [0.25, 0.3) is 0 Å². The molecule has 1 saturated carbocycles. The van der Waals surface area contributed by atoms with Crippen molar-refractivity contribution in [3.05, 3.63) is 83.6 Å². The summed E-state index contributed by atoms with van der Waals surface area (Å²) in [7, 11) is -3.94. The lowest BCUT2D eigenvalue weighted by Gasteiger charge is -2.37. The van der Waals surface area contributed by atoms with E-state index >= 15 is 0 Å². The van der Waals surface area contributed by atoms with E-state index in [1.807, 2.05) is 0 Å². The van der Waals surface area contributed by atoms with Crippen LogP contribution in [-0.2, 0) is 22.0 Å². The summed E-state index contributed by atoms with van der Waals surface area (Å²) in [6.45, 7) is -0.0164. The first-order valence-electron chi connectivity index (χ1n) is 9.39. The Kier molecular flexibility index (Phi) is 5.29. The monoisotopic (exact) mass is 431 g/mol. The molecule has 3 aromatic rings. The summed E-state index contributed by atoms with van der Waals surface area (Å²) in [5, 5.41) is 10.5. The molecule has 0 spiro atoms. The van der Waals surface area contributed by atoms with Gasteiger partial charge in [0.2, 0.25) is 9.84 Å². The van der Waals surface area contributed by atoms with Crippen molar-refractivity contribution in [2.75, 3.05) is 0 Å². The molecule has 1 aromatic heterocycles. The lowest BCUT2D eigenvalue weighted by Crippen LogP contribution is -2.35. The average Bonchev–Trinajstić information content (AvgIpc) is 2.72. The summed E-state index contributed by atoms with van der Waals surface area (Å²) >= 11 is 0. The molecule has 4 rings (SSSR count). The predicted molar refractivity (Wildman–Crippen MR) is 105 cm³/mol. The number of aliphatic hydroxyl groups is 1. The molecule has 8 heteroatoms. The number of rotatable bonds is 6. The highest BCUT2D eigenvalue weighted by molar-refractivity contribution is 7.91. The Balaban J connectivity index is 1.55. The SMILES string of the molecule is O=S(=O)(c1ccc(COc2ccc(F)cc2F)cc1)c1ncccc1C1(O)CCC1. The molecule has 2 aromatic carbocycles. The van der Waals surface area contributed by atoms with E-state index in [-0.39, 0.29) is 22.3 Å². The van der Waals surface area contributed by atoms with Gasteiger partial charge in [-0.3, -0.25) is 0 Å². The Bertz CT molecular complexity index is 1180. The summed E-state index contributed by atoms with van der Waals surface area (Å²) in [6, 6.07) is 12.1. The van der Waals surface area contributed by atoms with Crippen LogP contribution in [0.15, 0.2) is 70.7 Å². The highest BCUT2D eigenvalue weighted by Gasteiger charge is 2.41. The lowest BCUT2D eigenvalue weighted by molar-refractivity contribution is -0.0417. The third-order valence-corrected chi connectivity index (χ3v) is 6.96. The van der Waals surface area contributed by atoms with E-state index in [0.717, 1.165) is 18.6 Å². The van der Waals surface area contributed by atoms with Crippen LogP contribution in [0, 0.1) is 11.6 Å². The molecule has 0 unspecified atom stereocenters. The van der Waals surface area contributed by atoms with Crippen LogP contribution >= 0.6 is 0 Å². The van der Waals surface area contributed by atoms with E-state index < -0.39 is 27.1 Å². The number of nitrogens with zero attached hydrogens (tertiary/aromatic N) is 1. The smallest absolute Gasteiger partial charge is 0.224 e. The molecule has 1 N–H and O–H groups in total. The molecule has 0 amide bonds. The summed E-state index contributed by atoms with van der Waals surface area (Å²) in [4.78, 5) is 4.07. The number of pyridine rings is 1. The molecule has 156 valence electrons. The van der Waals surface area contributed by atoms with Crippen molar-refractivity contribution in [3.8, 4) is 5.75 Å². The van der Waals surface area contributed by atoms with Crippen molar-refractivity contribution in [1.29, 1.82) is 0 Å². The second-order valence-electron chi connectivity index (χ2n) is 7.25. The molecule has 30 heavy (non-hydrogen) atoms. The number of hydrogen-bond donors (Lipinski definition) is 1. The van der Waals surface area contributed by atoms with Gasteiger partial charge in [0.05, 0.1) is 10.5 Å². The number of benzene rings is 2. The molecule has 1 fully saturated rings. The van der Waals surface area contributed by atoms with Crippen molar-refractivity contribution in [3.63, 3.8) is 0 Å². The van der Waals surface area contributed by atoms with Gasteiger partial charge in [-0.2, -0.15) is 0 Å². The van der Waals surface area contributed by atoms with Gasteiger partial charge in [0.1, 0.15) is 12.4 Å². The van der Waals surface area contributed by atoms with Gasteiger partial charge in [0.25, 0.3) is 0 Å². The van der Waals surface area contributed by atoms with E-state index in [1.54, 1.807) is 24.3 Å². The van der Waals surface area contributed by atoms with Gasteiger partial charge in [-0.25, -0.2) is 22.2 Å².